The predicted octanol–water partition coefficient (Wildman–Crippen LogP) is 16.7. The van der Waals surface area contributed by atoms with Crippen molar-refractivity contribution in [3.8, 4) is 5.75 Å². The van der Waals surface area contributed by atoms with Gasteiger partial charge in [0, 0.05) is 52.4 Å². The molecule has 6 nitrogen and oxygen atoms in total. The molecular formula is C69H118N4O2S. The monoisotopic (exact) mass is 1070 g/mol. The van der Waals surface area contributed by atoms with Crippen LogP contribution in [0.3, 0.4) is 0 Å². The highest BCUT2D eigenvalue weighted by Gasteiger charge is 2.25. The first kappa shape index (κ1) is 66.1. The van der Waals surface area contributed by atoms with Gasteiger partial charge in [-0.25, -0.2) is 0 Å². The van der Waals surface area contributed by atoms with E-state index in [1.54, 1.807) is 0 Å². The summed E-state index contributed by atoms with van der Waals surface area (Å²) in [6.45, 7) is 57.0. The van der Waals surface area contributed by atoms with Gasteiger partial charge in [-0.3, -0.25) is 14.7 Å². The number of hydrogen-bond acceptors (Lipinski definition) is 7. The number of piperidine rings is 1. The van der Waals surface area contributed by atoms with Gasteiger partial charge >= 0.3 is 0 Å². The summed E-state index contributed by atoms with van der Waals surface area (Å²) in [5.41, 5.74) is 9.17. The van der Waals surface area contributed by atoms with Crippen molar-refractivity contribution < 1.29 is 9.47 Å². The lowest BCUT2D eigenvalue weighted by Crippen LogP contribution is -2.47. The fourth-order valence-corrected chi connectivity index (χ4v) is 12.0. The van der Waals surface area contributed by atoms with Gasteiger partial charge in [-0.2, -0.15) is 11.8 Å². The highest BCUT2D eigenvalue weighted by Crippen LogP contribution is 2.29. The summed E-state index contributed by atoms with van der Waals surface area (Å²) < 4.78 is 11.9. The van der Waals surface area contributed by atoms with Crippen molar-refractivity contribution in [3.05, 3.63) is 101 Å². The molecule has 7 heteroatoms. The van der Waals surface area contributed by atoms with E-state index in [0.29, 0.717) is 27.1 Å². The summed E-state index contributed by atoms with van der Waals surface area (Å²) in [4.78, 5) is 10.4. The van der Waals surface area contributed by atoms with Crippen LogP contribution in [0, 0.1) is 38.9 Å². The fourth-order valence-electron chi connectivity index (χ4n) is 10.6. The van der Waals surface area contributed by atoms with E-state index in [1.165, 1.54) is 111 Å². The molecule has 3 aliphatic heterocycles. The Balaban J connectivity index is 0.000000247. The molecule has 3 aromatic rings. The SMILES string of the molecule is CC(C)(C)CCCN1CCC(CCOc2ccc(CC(C)(C)C)cc2)CC1.CC(C)(C)CSCC1CCN(Cc2ccc(CC(C)(C)C)cc2)C1.CC(C)(C)Cc1ccc(CN2CCN(CCOC(C)(C)C)CC2)cc1. The maximum Gasteiger partial charge on any atom is 0.119 e. The van der Waals surface area contributed by atoms with Gasteiger partial charge in [-0.05, 0) is 195 Å². The molecule has 3 saturated heterocycles. The maximum atomic E-state index is 6.01. The summed E-state index contributed by atoms with van der Waals surface area (Å²) in [5.74, 6) is 5.35. The molecule has 3 fully saturated rings. The summed E-state index contributed by atoms with van der Waals surface area (Å²) in [7, 11) is 0. The summed E-state index contributed by atoms with van der Waals surface area (Å²) in [5, 5.41) is 0. The van der Waals surface area contributed by atoms with Gasteiger partial charge in [0.05, 0.1) is 18.8 Å². The van der Waals surface area contributed by atoms with Crippen LogP contribution < -0.4 is 4.74 Å². The first-order valence-corrected chi connectivity index (χ1v) is 31.5. The molecule has 432 valence electrons. The second-order valence-electron chi connectivity index (χ2n) is 30.6. The Morgan fingerprint density at radius 3 is 1.32 bits per heavy atom. The number of likely N-dealkylation sites (tertiary alicyclic amines) is 2. The maximum absolute atomic E-state index is 6.01. The third-order valence-electron chi connectivity index (χ3n) is 14.6. The Morgan fingerprint density at radius 1 is 0.434 bits per heavy atom. The molecule has 0 aliphatic carbocycles. The molecule has 0 aromatic heterocycles. The van der Waals surface area contributed by atoms with Crippen molar-refractivity contribution in [1.29, 1.82) is 0 Å². The fraction of sp³-hybridized carbons (Fsp3) is 0.739. The number of nitrogens with zero attached hydrogens (tertiary/aromatic N) is 4. The standard InChI is InChI=1S/C25H43NO.C22H38N2O.C22H37NS/c1-24(2,3)15-7-16-26-17-12-21(13-18-26)14-19-27-23-10-8-22(9-11-23)20-25(4,5)6;1-21(2,3)17-19-7-9-20(10-8-19)18-24-13-11-23(12-14-24)15-16-25-22(4,5)6;1-21(2,3)13-18-7-9-19(10-8-18)14-23-12-11-20(15-23)16-24-17-22(4,5)6/h8-11,21H,7,12-20H2,1-6H3;7-10H,11-18H2,1-6H3;7-10,20H,11-17H2,1-6H3. The van der Waals surface area contributed by atoms with Crippen LogP contribution in [0.1, 0.15) is 191 Å². The molecule has 1 unspecified atom stereocenters. The Kier molecular flexibility index (Phi) is 27.0. The van der Waals surface area contributed by atoms with Crippen LogP contribution in [0.4, 0.5) is 0 Å². The Morgan fingerprint density at radius 2 is 0.855 bits per heavy atom. The van der Waals surface area contributed by atoms with E-state index in [1.807, 2.05) is 0 Å². The summed E-state index contributed by atoms with van der Waals surface area (Å²) in [6, 6.07) is 27.3. The van der Waals surface area contributed by atoms with E-state index in [2.05, 4.69) is 229 Å². The zero-order chi connectivity index (χ0) is 56.2. The van der Waals surface area contributed by atoms with E-state index in [9.17, 15) is 0 Å². The third kappa shape index (κ3) is 31.4. The molecule has 1 atom stereocenters. The molecule has 0 saturated carbocycles. The average Bonchev–Trinajstić information content (AvgIpc) is 3.74. The average molecular weight is 1070 g/mol. The van der Waals surface area contributed by atoms with Crippen molar-refractivity contribution in [1.82, 2.24) is 19.6 Å². The lowest BCUT2D eigenvalue weighted by molar-refractivity contribution is -0.0181. The molecule has 3 heterocycles. The molecule has 0 bridgehead atoms. The van der Waals surface area contributed by atoms with Crippen LogP contribution in [-0.2, 0) is 37.1 Å². The van der Waals surface area contributed by atoms with Crippen LogP contribution in [0.2, 0.25) is 0 Å². The smallest absolute Gasteiger partial charge is 0.119 e. The minimum Gasteiger partial charge on any atom is -0.494 e. The van der Waals surface area contributed by atoms with Crippen molar-refractivity contribution in [2.75, 3.05) is 90.2 Å². The van der Waals surface area contributed by atoms with Gasteiger partial charge in [0.2, 0.25) is 0 Å². The lowest BCUT2D eigenvalue weighted by atomic mass is 9.88. The topological polar surface area (TPSA) is 31.4 Å². The molecule has 0 spiro atoms. The van der Waals surface area contributed by atoms with Crippen molar-refractivity contribution in [3.63, 3.8) is 0 Å². The number of thioether (sulfide) groups is 1. The summed E-state index contributed by atoms with van der Waals surface area (Å²) >= 11 is 2.15. The number of rotatable bonds is 20. The molecule has 3 aliphatic rings. The Hall–Kier alpha value is -2.39. The van der Waals surface area contributed by atoms with Crippen LogP contribution >= 0.6 is 11.8 Å². The number of ether oxygens (including phenoxy) is 2. The minimum atomic E-state index is -0.0268. The molecule has 0 amide bonds. The van der Waals surface area contributed by atoms with Crippen LogP contribution in [0.25, 0.3) is 0 Å². The first-order chi connectivity index (χ1) is 35.3. The van der Waals surface area contributed by atoms with Crippen molar-refractivity contribution in [2.24, 2.45) is 38.9 Å². The van der Waals surface area contributed by atoms with Gasteiger partial charge in [0.1, 0.15) is 5.75 Å². The van der Waals surface area contributed by atoms with Gasteiger partial charge in [-0.15, -0.1) is 0 Å². The predicted molar refractivity (Wildman–Crippen MR) is 334 cm³/mol. The lowest BCUT2D eigenvalue weighted by Gasteiger charge is -2.35. The highest BCUT2D eigenvalue weighted by atomic mass is 32.2. The molecule has 3 aromatic carbocycles. The van der Waals surface area contributed by atoms with Gasteiger partial charge in [0.25, 0.3) is 0 Å². The number of hydrogen-bond donors (Lipinski definition) is 0. The van der Waals surface area contributed by atoms with Crippen LogP contribution in [-0.4, -0.2) is 115 Å². The van der Waals surface area contributed by atoms with Gasteiger partial charge < -0.3 is 14.4 Å². The molecule has 0 N–H and O–H groups in total. The van der Waals surface area contributed by atoms with E-state index in [-0.39, 0.29) is 5.60 Å². The molecule has 0 radical (unpaired) electrons. The normalized spacial score (nSPS) is 18.3. The largest absolute Gasteiger partial charge is 0.494 e. The number of piperazine rings is 1. The van der Waals surface area contributed by atoms with Gasteiger partial charge in [-0.1, -0.05) is 165 Å². The second kappa shape index (κ2) is 31.0. The Labute approximate surface area is 475 Å². The van der Waals surface area contributed by atoms with Crippen LogP contribution in [0.5, 0.6) is 5.75 Å². The van der Waals surface area contributed by atoms with E-state index in [4.69, 9.17) is 9.47 Å². The zero-order valence-electron chi connectivity index (χ0n) is 52.8. The first-order valence-electron chi connectivity index (χ1n) is 30.3. The number of benzene rings is 3. The summed E-state index contributed by atoms with van der Waals surface area (Å²) in [6.07, 6.45) is 11.3. The quantitative estimate of drug-likeness (QED) is 0.111. The van der Waals surface area contributed by atoms with Gasteiger partial charge in [0.15, 0.2) is 0 Å². The van der Waals surface area contributed by atoms with Crippen LogP contribution in [0.15, 0.2) is 72.8 Å². The molecule has 76 heavy (non-hydrogen) atoms. The van der Waals surface area contributed by atoms with E-state index in [0.717, 1.165) is 95.9 Å². The van der Waals surface area contributed by atoms with E-state index >= 15 is 0 Å². The minimum absolute atomic E-state index is 0.0268. The zero-order valence-corrected chi connectivity index (χ0v) is 53.6. The third-order valence-corrected chi connectivity index (χ3v) is 16.3. The highest BCUT2D eigenvalue weighted by molar-refractivity contribution is 7.99. The molecule has 6 rings (SSSR count). The van der Waals surface area contributed by atoms with E-state index < -0.39 is 0 Å². The molecular weight excluding hydrogens is 949 g/mol. The second-order valence-corrected chi connectivity index (χ2v) is 31.7. The van der Waals surface area contributed by atoms with Crippen molar-refractivity contribution in [2.45, 2.75) is 201 Å². The Bertz CT molecular complexity index is 1990. The van der Waals surface area contributed by atoms with Crippen molar-refractivity contribution >= 4 is 11.8 Å².